The molecule has 0 aliphatic carbocycles. The van der Waals surface area contributed by atoms with Crippen molar-refractivity contribution in [3.8, 4) is 11.4 Å². The van der Waals surface area contributed by atoms with E-state index in [0.29, 0.717) is 11.1 Å². The van der Waals surface area contributed by atoms with Gasteiger partial charge < -0.3 is 4.52 Å². The van der Waals surface area contributed by atoms with Crippen molar-refractivity contribution in [3.05, 3.63) is 47.2 Å². The molecule has 24 heavy (non-hydrogen) atoms. The Bertz CT molecular complexity index is 827. The second-order valence-electron chi connectivity index (χ2n) is 4.89. The minimum Gasteiger partial charge on any atom is -0.329 e. The molecule has 10 heteroatoms. The molecule has 0 spiro atoms. The van der Waals surface area contributed by atoms with Crippen LogP contribution >= 0.6 is 0 Å². The maximum absolute atomic E-state index is 12.4. The third kappa shape index (κ3) is 4.20. The summed E-state index contributed by atoms with van der Waals surface area (Å²) in [7, 11) is -2.07. The van der Waals surface area contributed by atoms with E-state index >= 15 is 0 Å². The van der Waals surface area contributed by atoms with Crippen molar-refractivity contribution in [3.63, 3.8) is 0 Å². The molecule has 0 saturated carbocycles. The number of rotatable bonds is 5. The SMILES string of the molecule is C/C=C/S(=O)(=O)N(C)Cc1ccc(-c2noc(C(F)(F)F)n2)cc1. The molecule has 0 N–H and O–H groups in total. The first-order chi connectivity index (χ1) is 11.1. The summed E-state index contributed by atoms with van der Waals surface area (Å²) in [5.41, 5.74) is 0.992. The van der Waals surface area contributed by atoms with Crippen LogP contribution in [0.1, 0.15) is 18.4 Å². The van der Waals surface area contributed by atoms with Gasteiger partial charge in [-0.05, 0) is 12.5 Å². The Balaban J connectivity index is 2.15. The van der Waals surface area contributed by atoms with Gasteiger partial charge in [0.25, 0.3) is 0 Å². The van der Waals surface area contributed by atoms with Gasteiger partial charge in [0.05, 0.1) is 0 Å². The summed E-state index contributed by atoms with van der Waals surface area (Å²) >= 11 is 0. The molecule has 0 unspecified atom stereocenters. The number of hydrogen-bond acceptors (Lipinski definition) is 5. The minimum atomic E-state index is -4.70. The largest absolute Gasteiger partial charge is 0.471 e. The van der Waals surface area contributed by atoms with Crippen LogP contribution in [0, 0.1) is 0 Å². The van der Waals surface area contributed by atoms with Crippen LogP contribution in [0.4, 0.5) is 13.2 Å². The standard InChI is InChI=1S/C14H14F3N3O3S/c1-3-8-24(21,22)20(2)9-10-4-6-11(7-5-10)12-18-13(23-19-12)14(15,16)17/h3-8H,9H2,1-2H3/b8-3+. The van der Waals surface area contributed by atoms with Gasteiger partial charge in [-0.3, -0.25) is 0 Å². The quantitative estimate of drug-likeness (QED) is 0.818. The van der Waals surface area contributed by atoms with Crippen molar-refractivity contribution in [2.75, 3.05) is 7.05 Å². The molecule has 0 fully saturated rings. The first-order valence-electron chi connectivity index (χ1n) is 6.73. The number of allylic oxidation sites excluding steroid dienone is 1. The molecule has 0 saturated heterocycles. The summed E-state index contributed by atoms with van der Waals surface area (Å²) in [5.74, 6) is -1.61. The zero-order valence-electron chi connectivity index (χ0n) is 12.8. The van der Waals surface area contributed by atoms with Crippen molar-refractivity contribution < 1.29 is 26.1 Å². The molecule has 0 aliphatic rings. The lowest BCUT2D eigenvalue weighted by atomic mass is 10.1. The van der Waals surface area contributed by atoms with Crippen LogP contribution in [0.2, 0.25) is 0 Å². The van der Waals surface area contributed by atoms with Crippen molar-refractivity contribution in [1.29, 1.82) is 0 Å². The van der Waals surface area contributed by atoms with Crippen LogP contribution in [0.25, 0.3) is 11.4 Å². The van der Waals surface area contributed by atoms with Crippen molar-refractivity contribution >= 4 is 10.0 Å². The number of alkyl halides is 3. The number of hydrogen-bond donors (Lipinski definition) is 0. The van der Waals surface area contributed by atoms with Gasteiger partial charge in [-0.25, -0.2) is 8.42 Å². The van der Waals surface area contributed by atoms with Crippen LogP contribution in [-0.2, 0) is 22.7 Å². The Kier molecular flexibility index (Phi) is 5.09. The summed E-state index contributed by atoms with van der Waals surface area (Å²) < 4.78 is 66.3. The Morgan fingerprint density at radius 3 is 2.38 bits per heavy atom. The molecular weight excluding hydrogens is 347 g/mol. The molecule has 0 radical (unpaired) electrons. The Hall–Kier alpha value is -2.20. The summed E-state index contributed by atoms with van der Waals surface area (Å²) in [5, 5.41) is 4.37. The zero-order chi connectivity index (χ0) is 18.0. The second kappa shape index (κ2) is 6.73. The Labute approximate surface area is 136 Å². The molecule has 0 amide bonds. The fraction of sp³-hybridized carbons (Fsp3) is 0.286. The lowest BCUT2D eigenvalue weighted by molar-refractivity contribution is -0.159. The normalized spacial score (nSPS) is 13.1. The van der Waals surface area contributed by atoms with E-state index in [1.54, 1.807) is 19.1 Å². The summed E-state index contributed by atoms with van der Waals surface area (Å²) in [4.78, 5) is 3.29. The maximum Gasteiger partial charge on any atom is 0.471 e. The van der Waals surface area contributed by atoms with Gasteiger partial charge in [0, 0.05) is 24.6 Å². The van der Waals surface area contributed by atoms with Gasteiger partial charge in [0.2, 0.25) is 15.8 Å². The molecule has 0 atom stereocenters. The number of halogens is 3. The highest BCUT2D eigenvalue weighted by molar-refractivity contribution is 7.91. The third-order valence-electron chi connectivity index (χ3n) is 3.03. The zero-order valence-corrected chi connectivity index (χ0v) is 13.6. The average Bonchev–Trinajstić information content (AvgIpc) is 2.98. The van der Waals surface area contributed by atoms with E-state index in [2.05, 4.69) is 14.7 Å². The molecule has 2 rings (SSSR count). The van der Waals surface area contributed by atoms with Gasteiger partial charge in [0.15, 0.2) is 0 Å². The van der Waals surface area contributed by atoms with Gasteiger partial charge in [-0.2, -0.15) is 22.5 Å². The van der Waals surface area contributed by atoms with Crippen molar-refractivity contribution in [2.45, 2.75) is 19.6 Å². The average molecular weight is 361 g/mol. The fourth-order valence-electron chi connectivity index (χ4n) is 1.84. The van der Waals surface area contributed by atoms with Crippen molar-refractivity contribution in [1.82, 2.24) is 14.4 Å². The number of nitrogens with zero attached hydrogens (tertiary/aromatic N) is 3. The topological polar surface area (TPSA) is 76.3 Å². The van der Waals surface area contributed by atoms with Gasteiger partial charge in [-0.1, -0.05) is 35.5 Å². The van der Waals surface area contributed by atoms with Crippen LogP contribution in [0.3, 0.4) is 0 Å². The van der Waals surface area contributed by atoms with Crippen molar-refractivity contribution in [2.24, 2.45) is 0 Å². The van der Waals surface area contributed by atoms with Crippen LogP contribution in [0.5, 0.6) is 0 Å². The Morgan fingerprint density at radius 1 is 1.25 bits per heavy atom. The highest BCUT2D eigenvalue weighted by Crippen LogP contribution is 2.29. The molecule has 1 heterocycles. The smallest absolute Gasteiger partial charge is 0.329 e. The molecular formula is C14H14F3N3O3S. The number of sulfonamides is 1. The summed E-state index contributed by atoms with van der Waals surface area (Å²) in [6, 6.07) is 6.16. The van der Waals surface area contributed by atoms with Gasteiger partial charge in [0.1, 0.15) is 0 Å². The summed E-state index contributed by atoms with van der Waals surface area (Å²) in [6.45, 7) is 1.72. The number of aromatic nitrogens is 2. The Morgan fingerprint density at radius 2 is 1.88 bits per heavy atom. The van der Waals surface area contributed by atoms with E-state index in [1.165, 1.54) is 25.3 Å². The molecule has 130 valence electrons. The van der Waals surface area contributed by atoms with E-state index in [4.69, 9.17) is 0 Å². The molecule has 0 aliphatic heterocycles. The minimum absolute atomic E-state index is 0.118. The predicted octanol–water partition coefficient (Wildman–Crippen LogP) is 3.05. The molecule has 6 nitrogen and oxygen atoms in total. The van der Waals surface area contributed by atoms with E-state index in [1.807, 2.05) is 0 Å². The van der Waals surface area contributed by atoms with Gasteiger partial charge in [-0.15, -0.1) is 0 Å². The van der Waals surface area contributed by atoms with E-state index in [9.17, 15) is 21.6 Å². The molecule has 2 aromatic rings. The lowest BCUT2D eigenvalue weighted by Crippen LogP contribution is -2.24. The lowest BCUT2D eigenvalue weighted by Gasteiger charge is -2.14. The first-order valence-corrected chi connectivity index (χ1v) is 8.23. The number of benzene rings is 1. The first kappa shape index (κ1) is 18.1. The molecule has 0 bridgehead atoms. The van der Waals surface area contributed by atoms with Crippen LogP contribution < -0.4 is 0 Å². The van der Waals surface area contributed by atoms with E-state index in [0.717, 1.165) is 9.71 Å². The van der Waals surface area contributed by atoms with E-state index in [-0.39, 0.29) is 12.4 Å². The van der Waals surface area contributed by atoms with E-state index < -0.39 is 22.1 Å². The third-order valence-corrected chi connectivity index (χ3v) is 4.64. The highest BCUT2D eigenvalue weighted by atomic mass is 32.2. The van der Waals surface area contributed by atoms with Crippen LogP contribution in [-0.4, -0.2) is 29.9 Å². The second-order valence-corrected chi connectivity index (χ2v) is 6.81. The molecule has 1 aromatic heterocycles. The molecule has 1 aromatic carbocycles. The fourth-order valence-corrected chi connectivity index (χ4v) is 2.72. The maximum atomic E-state index is 12.4. The van der Waals surface area contributed by atoms with Gasteiger partial charge >= 0.3 is 12.1 Å². The summed E-state index contributed by atoms with van der Waals surface area (Å²) in [6.07, 6.45) is -3.28. The predicted molar refractivity (Wildman–Crippen MR) is 79.9 cm³/mol. The van der Waals surface area contributed by atoms with Crippen LogP contribution in [0.15, 0.2) is 40.3 Å². The highest BCUT2D eigenvalue weighted by Gasteiger charge is 2.38. The monoisotopic (exact) mass is 361 g/mol.